The van der Waals surface area contributed by atoms with Crippen LogP contribution >= 0.6 is 24.0 Å². The molecule has 0 amide bonds. The normalized spacial score (nSPS) is 19.7. The Bertz CT molecular complexity index is 562. The SMILES string of the molecule is CCNC(=NCCC1CCCO1)Nc1ccc2c(c1)OCCCO2.I. The zero-order valence-electron chi connectivity index (χ0n) is 14.8. The number of ether oxygens (including phenoxy) is 3. The third-order valence-electron chi connectivity index (χ3n) is 4.10. The maximum atomic E-state index is 5.74. The van der Waals surface area contributed by atoms with Crippen LogP contribution in [0.5, 0.6) is 11.5 Å². The molecule has 1 atom stereocenters. The molecule has 0 bridgehead atoms. The molecule has 1 aromatic rings. The van der Waals surface area contributed by atoms with E-state index in [1.165, 1.54) is 6.42 Å². The van der Waals surface area contributed by atoms with Gasteiger partial charge in [-0.1, -0.05) is 0 Å². The molecule has 7 heteroatoms. The van der Waals surface area contributed by atoms with Crippen molar-refractivity contribution in [3.05, 3.63) is 18.2 Å². The van der Waals surface area contributed by atoms with E-state index < -0.39 is 0 Å². The second-order valence-electron chi connectivity index (χ2n) is 6.02. The van der Waals surface area contributed by atoms with Crippen molar-refractivity contribution in [2.45, 2.75) is 38.7 Å². The maximum Gasteiger partial charge on any atom is 0.195 e. The molecule has 1 unspecified atom stereocenters. The van der Waals surface area contributed by atoms with Gasteiger partial charge in [0.1, 0.15) is 0 Å². The predicted octanol–water partition coefficient (Wildman–Crippen LogP) is 3.41. The van der Waals surface area contributed by atoms with E-state index in [9.17, 15) is 0 Å². The van der Waals surface area contributed by atoms with Gasteiger partial charge in [0.05, 0.1) is 19.3 Å². The molecule has 140 valence electrons. The molecule has 0 radical (unpaired) electrons. The van der Waals surface area contributed by atoms with E-state index in [-0.39, 0.29) is 24.0 Å². The van der Waals surface area contributed by atoms with Crippen molar-refractivity contribution in [3.63, 3.8) is 0 Å². The van der Waals surface area contributed by atoms with Crippen LogP contribution in [0, 0.1) is 0 Å². The van der Waals surface area contributed by atoms with Crippen LogP contribution in [0.3, 0.4) is 0 Å². The Labute approximate surface area is 166 Å². The lowest BCUT2D eigenvalue weighted by molar-refractivity contribution is 0.106. The van der Waals surface area contributed by atoms with Gasteiger partial charge < -0.3 is 24.8 Å². The third-order valence-corrected chi connectivity index (χ3v) is 4.10. The molecule has 1 aromatic carbocycles. The molecule has 2 aliphatic rings. The Balaban J connectivity index is 0.00000225. The highest BCUT2D eigenvalue weighted by atomic mass is 127. The summed E-state index contributed by atoms with van der Waals surface area (Å²) in [5, 5.41) is 6.61. The average Bonchev–Trinajstić information content (AvgIpc) is 2.99. The van der Waals surface area contributed by atoms with Crippen LogP contribution < -0.4 is 20.1 Å². The molecule has 25 heavy (non-hydrogen) atoms. The Morgan fingerprint density at radius 1 is 1.16 bits per heavy atom. The first-order chi connectivity index (χ1) is 11.8. The van der Waals surface area contributed by atoms with Crippen LogP contribution in [0.4, 0.5) is 5.69 Å². The van der Waals surface area contributed by atoms with Gasteiger partial charge in [-0.2, -0.15) is 0 Å². The van der Waals surface area contributed by atoms with Crippen molar-refractivity contribution < 1.29 is 14.2 Å². The fourth-order valence-electron chi connectivity index (χ4n) is 2.88. The number of hydrogen-bond donors (Lipinski definition) is 2. The van der Waals surface area contributed by atoms with Crippen molar-refractivity contribution in [2.75, 3.05) is 38.2 Å². The molecule has 0 spiro atoms. The quantitative estimate of drug-likeness (QED) is 0.400. The number of rotatable bonds is 5. The van der Waals surface area contributed by atoms with Gasteiger partial charge in [-0.25, -0.2) is 0 Å². The number of anilines is 1. The van der Waals surface area contributed by atoms with Gasteiger partial charge in [0.25, 0.3) is 0 Å². The highest BCUT2D eigenvalue weighted by molar-refractivity contribution is 14.0. The molecule has 1 saturated heterocycles. The van der Waals surface area contributed by atoms with Crippen molar-refractivity contribution >= 4 is 35.6 Å². The van der Waals surface area contributed by atoms with E-state index in [1.807, 2.05) is 18.2 Å². The van der Waals surface area contributed by atoms with Gasteiger partial charge in [0, 0.05) is 37.9 Å². The second kappa shape index (κ2) is 10.7. The van der Waals surface area contributed by atoms with Gasteiger partial charge in [-0.3, -0.25) is 4.99 Å². The zero-order valence-corrected chi connectivity index (χ0v) is 17.1. The molecule has 3 rings (SSSR count). The third kappa shape index (κ3) is 6.22. The number of aliphatic imine (C=N–C) groups is 1. The van der Waals surface area contributed by atoms with E-state index in [2.05, 4.69) is 22.5 Å². The van der Waals surface area contributed by atoms with Gasteiger partial charge >= 0.3 is 0 Å². The summed E-state index contributed by atoms with van der Waals surface area (Å²) >= 11 is 0. The molecule has 1 fully saturated rings. The molecule has 2 heterocycles. The summed E-state index contributed by atoms with van der Waals surface area (Å²) in [5.74, 6) is 2.37. The monoisotopic (exact) mass is 461 g/mol. The van der Waals surface area contributed by atoms with Crippen molar-refractivity contribution in [1.82, 2.24) is 5.32 Å². The minimum atomic E-state index is 0. The first kappa shape index (κ1) is 20.1. The topological polar surface area (TPSA) is 64.1 Å². The highest BCUT2D eigenvalue weighted by Crippen LogP contribution is 2.32. The Kier molecular flexibility index (Phi) is 8.60. The van der Waals surface area contributed by atoms with E-state index in [0.717, 1.165) is 62.1 Å². The van der Waals surface area contributed by atoms with Gasteiger partial charge in [0.15, 0.2) is 17.5 Å². The standard InChI is InChI=1S/C18H27N3O3.HI/c1-2-19-18(20-9-8-15-5-3-10-22-15)21-14-6-7-16-17(13-14)24-12-4-11-23-16;/h6-7,13,15H,2-5,8-12H2,1H3,(H2,19,20,21);1H. The average molecular weight is 461 g/mol. The van der Waals surface area contributed by atoms with Crippen LogP contribution in [0.2, 0.25) is 0 Å². The molecule has 6 nitrogen and oxygen atoms in total. The number of hydrogen-bond acceptors (Lipinski definition) is 4. The summed E-state index contributed by atoms with van der Waals surface area (Å²) in [6, 6.07) is 5.90. The lowest BCUT2D eigenvalue weighted by Crippen LogP contribution is -2.31. The van der Waals surface area contributed by atoms with Crippen LogP contribution in [-0.2, 0) is 4.74 Å². The van der Waals surface area contributed by atoms with Crippen LogP contribution in [-0.4, -0.2) is 45.0 Å². The van der Waals surface area contributed by atoms with Gasteiger partial charge in [-0.15, -0.1) is 24.0 Å². The predicted molar refractivity (Wildman–Crippen MR) is 111 cm³/mol. The largest absolute Gasteiger partial charge is 0.490 e. The van der Waals surface area contributed by atoms with Crippen molar-refractivity contribution in [1.29, 1.82) is 0 Å². The van der Waals surface area contributed by atoms with E-state index in [4.69, 9.17) is 14.2 Å². The zero-order chi connectivity index (χ0) is 16.6. The molecule has 0 saturated carbocycles. The van der Waals surface area contributed by atoms with E-state index >= 15 is 0 Å². The Hall–Kier alpha value is -1.22. The summed E-state index contributed by atoms with van der Waals surface area (Å²) in [7, 11) is 0. The molecule has 0 aromatic heterocycles. The number of fused-ring (bicyclic) bond motifs is 1. The van der Waals surface area contributed by atoms with E-state index in [1.54, 1.807) is 0 Å². The lowest BCUT2D eigenvalue weighted by atomic mass is 10.2. The summed E-state index contributed by atoms with van der Waals surface area (Å²) in [5.41, 5.74) is 0.941. The fourth-order valence-corrected chi connectivity index (χ4v) is 2.88. The second-order valence-corrected chi connectivity index (χ2v) is 6.02. The molecule has 0 aliphatic carbocycles. The molecular formula is C18H28IN3O3. The Morgan fingerprint density at radius 3 is 2.76 bits per heavy atom. The highest BCUT2D eigenvalue weighted by Gasteiger charge is 2.15. The number of guanidine groups is 1. The van der Waals surface area contributed by atoms with Gasteiger partial charge in [-0.05, 0) is 38.3 Å². The van der Waals surface area contributed by atoms with Crippen LogP contribution in [0.25, 0.3) is 0 Å². The summed E-state index contributed by atoms with van der Waals surface area (Å²) < 4.78 is 17.0. The Morgan fingerprint density at radius 2 is 2.00 bits per heavy atom. The first-order valence-electron chi connectivity index (χ1n) is 8.92. The minimum absolute atomic E-state index is 0. The number of nitrogens with one attached hydrogen (secondary N) is 2. The van der Waals surface area contributed by atoms with Crippen LogP contribution in [0.1, 0.15) is 32.6 Å². The van der Waals surface area contributed by atoms with Crippen LogP contribution in [0.15, 0.2) is 23.2 Å². The maximum absolute atomic E-state index is 5.74. The first-order valence-corrected chi connectivity index (χ1v) is 8.92. The summed E-state index contributed by atoms with van der Waals surface area (Å²) in [6.45, 7) is 5.91. The van der Waals surface area contributed by atoms with Gasteiger partial charge in [0.2, 0.25) is 0 Å². The number of benzene rings is 1. The van der Waals surface area contributed by atoms with Crippen molar-refractivity contribution in [3.8, 4) is 11.5 Å². The fraction of sp³-hybridized carbons (Fsp3) is 0.611. The number of halogens is 1. The molecule has 2 N–H and O–H groups in total. The van der Waals surface area contributed by atoms with Crippen molar-refractivity contribution in [2.24, 2.45) is 4.99 Å². The lowest BCUT2D eigenvalue weighted by Gasteiger charge is -2.14. The minimum Gasteiger partial charge on any atom is -0.490 e. The summed E-state index contributed by atoms with van der Waals surface area (Å²) in [6.07, 6.45) is 4.57. The summed E-state index contributed by atoms with van der Waals surface area (Å²) in [4.78, 5) is 4.65. The smallest absolute Gasteiger partial charge is 0.195 e. The molecule has 2 aliphatic heterocycles. The number of nitrogens with zero attached hydrogens (tertiary/aromatic N) is 1. The van der Waals surface area contributed by atoms with E-state index in [0.29, 0.717) is 19.3 Å². The molecular weight excluding hydrogens is 433 g/mol.